The molecule has 0 saturated carbocycles. The standard InChI is InChI=1S/C21H26N2O2/c1-2-23-14-8-11-18(23)15-22-21(24)16-25-20-13-7-6-12-19(20)17-9-4-3-5-10-17/h3-7,9-10,12-13,18H,2,8,11,14-16H2,1H3,(H,22,24)/t18-/m1/s1. The highest BCUT2D eigenvalue weighted by Crippen LogP contribution is 2.29. The summed E-state index contributed by atoms with van der Waals surface area (Å²) in [6.45, 7) is 5.10. The van der Waals surface area contributed by atoms with Crippen LogP contribution in [-0.4, -0.2) is 43.1 Å². The minimum absolute atomic E-state index is 0.0443. The normalized spacial score (nSPS) is 17.4. The lowest BCUT2D eigenvalue weighted by atomic mass is 10.1. The first-order valence-corrected chi connectivity index (χ1v) is 9.06. The minimum atomic E-state index is -0.0641. The van der Waals surface area contributed by atoms with Crippen LogP contribution in [0.4, 0.5) is 0 Å². The molecule has 0 aromatic heterocycles. The lowest BCUT2D eigenvalue weighted by Gasteiger charge is -2.22. The smallest absolute Gasteiger partial charge is 0.257 e. The summed E-state index contributed by atoms with van der Waals surface area (Å²) in [5.74, 6) is 0.672. The van der Waals surface area contributed by atoms with Crippen molar-refractivity contribution < 1.29 is 9.53 Å². The van der Waals surface area contributed by atoms with E-state index in [1.807, 2.05) is 54.6 Å². The summed E-state index contributed by atoms with van der Waals surface area (Å²) in [5.41, 5.74) is 2.09. The Kier molecular flexibility index (Phi) is 6.07. The molecule has 25 heavy (non-hydrogen) atoms. The Morgan fingerprint density at radius 1 is 1.16 bits per heavy atom. The highest BCUT2D eigenvalue weighted by molar-refractivity contribution is 5.78. The molecular formula is C21H26N2O2. The van der Waals surface area contributed by atoms with Crippen molar-refractivity contribution in [2.45, 2.75) is 25.8 Å². The van der Waals surface area contributed by atoms with Gasteiger partial charge in [-0.05, 0) is 37.6 Å². The largest absolute Gasteiger partial charge is 0.483 e. The van der Waals surface area contributed by atoms with Gasteiger partial charge in [0, 0.05) is 18.2 Å². The minimum Gasteiger partial charge on any atom is -0.483 e. The Morgan fingerprint density at radius 2 is 1.92 bits per heavy atom. The van der Waals surface area contributed by atoms with Gasteiger partial charge in [0.15, 0.2) is 6.61 Å². The van der Waals surface area contributed by atoms with Crippen molar-refractivity contribution in [3.63, 3.8) is 0 Å². The fraction of sp³-hybridized carbons (Fsp3) is 0.381. The van der Waals surface area contributed by atoms with Gasteiger partial charge in [-0.25, -0.2) is 0 Å². The molecule has 3 rings (SSSR count). The molecule has 0 radical (unpaired) electrons. The van der Waals surface area contributed by atoms with Crippen molar-refractivity contribution in [1.29, 1.82) is 0 Å². The summed E-state index contributed by atoms with van der Waals surface area (Å²) in [4.78, 5) is 14.6. The van der Waals surface area contributed by atoms with Crippen LogP contribution < -0.4 is 10.1 Å². The second kappa shape index (κ2) is 8.67. The molecule has 0 aliphatic carbocycles. The number of hydrogen-bond donors (Lipinski definition) is 1. The van der Waals surface area contributed by atoms with Crippen LogP contribution in [0.5, 0.6) is 5.75 Å². The van der Waals surface area contributed by atoms with Gasteiger partial charge in [-0.3, -0.25) is 9.69 Å². The highest BCUT2D eigenvalue weighted by Gasteiger charge is 2.23. The Hall–Kier alpha value is -2.33. The second-order valence-corrected chi connectivity index (χ2v) is 6.38. The van der Waals surface area contributed by atoms with Crippen molar-refractivity contribution in [1.82, 2.24) is 10.2 Å². The third-order valence-electron chi connectivity index (χ3n) is 4.77. The molecule has 2 aromatic carbocycles. The number of carbonyl (C=O) groups excluding carboxylic acids is 1. The Morgan fingerprint density at radius 3 is 2.72 bits per heavy atom. The van der Waals surface area contributed by atoms with Gasteiger partial charge in [0.1, 0.15) is 5.75 Å². The van der Waals surface area contributed by atoms with Gasteiger partial charge in [0.05, 0.1) is 0 Å². The average molecular weight is 338 g/mol. The number of rotatable bonds is 7. The number of nitrogens with zero attached hydrogens (tertiary/aromatic N) is 1. The summed E-state index contributed by atoms with van der Waals surface area (Å²) < 4.78 is 5.80. The summed E-state index contributed by atoms with van der Waals surface area (Å²) in [5, 5.41) is 3.01. The van der Waals surface area contributed by atoms with Crippen molar-refractivity contribution in [3.05, 3.63) is 54.6 Å². The van der Waals surface area contributed by atoms with Gasteiger partial charge < -0.3 is 10.1 Å². The molecule has 132 valence electrons. The SMILES string of the molecule is CCN1CCC[C@@H]1CNC(=O)COc1ccccc1-c1ccccc1. The van der Waals surface area contributed by atoms with E-state index in [1.54, 1.807) is 0 Å². The van der Waals surface area contributed by atoms with Gasteiger partial charge in [-0.15, -0.1) is 0 Å². The predicted molar refractivity (Wildman–Crippen MR) is 101 cm³/mol. The van der Waals surface area contributed by atoms with Gasteiger partial charge in [-0.2, -0.15) is 0 Å². The van der Waals surface area contributed by atoms with E-state index in [2.05, 4.69) is 17.1 Å². The maximum Gasteiger partial charge on any atom is 0.257 e. The lowest BCUT2D eigenvalue weighted by molar-refractivity contribution is -0.123. The summed E-state index contributed by atoms with van der Waals surface area (Å²) in [6.07, 6.45) is 2.38. The zero-order chi connectivity index (χ0) is 17.5. The first-order chi connectivity index (χ1) is 12.3. The molecule has 0 spiro atoms. The molecule has 0 bridgehead atoms. The quantitative estimate of drug-likeness (QED) is 0.842. The number of benzene rings is 2. The molecule has 1 aliphatic rings. The number of likely N-dealkylation sites (N-methyl/N-ethyl adjacent to an activating group) is 1. The van der Waals surface area contributed by atoms with Crippen LogP contribution in [0.25, 0.3) is 11.1 Å². The molecule has 1 atom stereocenters. The van der Waals surface area contributed by atoms with E-state index in [0.29, 0.717) is 12.6 Å². The number of ether oxygens (including phenoxy) is 1. The van der Waals surface area contributed by atoms with E-state index in [9.17, 15) is 4.79 Å². The van der Waals surface area contributed by atoms with Crippen LogP contribution in [0.15, 0.2) is 54.6 Å². The van der Waals surface area contributed by atoms with E-state index in [4.69, 9.17) is 4.74 Å². The van der Waals surface area contributed by atoms with E-state index in [-0.39, 0.29) is 12.5 Å². The van der Waals surface area contributed by atoms with Crippen molar-refractivity contribution in [2.24, 2.45) is 0 Å². The molecule has 4 nitrogen and oxygen atoms in total. The van der Waals surface area contributed by atoms with Gasteiger partial charge in [0.25, 0.3) is 5.91 Å². The summed E-state index contributed by atoms with van der Waals surface area (Å²) in [7, 11) is 0. The van der Waals surface area contributed by atoms with E-state index < -0.39 is 0 Å². The molecule has 2 aromatic rings. The number of carbonyl (C=O) groups is 1. The fourth-order valence-corrected chi connectivity index (χ4v) is 3.42. The molecule has 1 amide bonds. The third-order valence-corrected chi connectivity index (χ3v) is 4.77. The third kappa shape index (κ3) is 4.60. The van der Waals surface area contributed by atoms with Crippen LogP contribution >= 0.6 is 0 Å². The van der Waals surface area contributed by atoms with Crippen LogP contribution in [-0.2, 0) is 4.79 Å². The van der Waals surface area contributed by atoms with Crippen LogP contribution in [0.3, 0.4) is 0 Å². The summed E-state index contributed by atoms with van der Waals surface area (Å²) in [6, 6.07) is 18.4. The van der Waals surface area contributed by atoms with Crippen molar-refractivity contribution in [2.75, 3.05) is 26.2 Å². The lowest BCUT2D eigenvalue weighted by Crippen LogP contribution is -2.41. The van der Waals surface area contributed by atoms with Crippen LogP contribution in [0.1, 0.15) is 19.8 Å². The zero-order valence-electron chi connectivity index (χ0n) is 14.8. The van der Waals surface area contributed by atoms with Crippen molar-refractivity contribution in [3.8, 4) is 16.9 Å². The molecular weight excluding hydrogens is 312 g/mol. The predicted octanol–water partition coefficient (Wildman–Crippen LogP) is 3.33. The van der Waals surface area contributed by atoms with Crippen molar-refractivity contribution >= 4 is 5.91 Å². The molecule has 1 fully saturated rings. The maximum absolute atomic E-state index is 12.2. The number of nitrogens with one attached hydrogen (secondary N) is 1. The zero-order valence-corrected chi connectivity index (χ0v) is 14.8. The fourth-order valence-electron chi connectivity index (χ4n) is 3.42. The van der Waals surface area contributed by atoms with E-state index >= 15 is 0 Å². The first kappa shape index (κ1) is 17.5. The number of likely N-dealkylation sites (tertiary alicyclic amines) is 1. The Labute approximate surface area is 149 Å². The molecule has 1 N–H and O–H groups in total. The number of para-hydroxylation sites is 1. The van der Waals surface area contributed by atoms with Crippen LogP contribution in [0.2, 0.25) is 0 Å². The molecule has 0 unspecified atom stereocenters. The Bertz CT molecular complexity index is 687. The first-order valence-electron chi connectivity index (χ1n) is 9.06. The molecule has 4 heteroatoms. The number of hydrogen-bond acceptors (Lipinski definition) is 3. The van der Waals surface area contributed by atoms with Gasteiger partial charge in [-0.1, -0.05) is 55.5 Å². The molecule has 1 aliphatic heterocycles. The summed E-state index contributed by atoms with van der Waals surface area (Å²) >= 11 is 0. The average Bonchev–Trinajstić information content (AvgIpc) is 3.13. The topological polar surface area (TPSA) is 41.6 Å². The Balaban J connectivity index is 1.54. The molecule has 1 saturated heterocycles. The maximum atomic E-state index is 12.2. The monoisotopic (exact) mass is 338 g/mol. The van der Waals surface area contributed by atoms with E-state index in [1.165, 1.54) is 6.42 Å². The van der Waals surface area contributed by atoms with Gasteiger partial charge in [0.2, 0.25) is 0 Å². The van der Waals surface area contributed by atoms with Crippen LogP contribution in [0, 0.1) is 0 Å². The van der Waals surface area contributed by atoms with E-state index in [0.717, 1.165) is 36.4 Å². The molecule has 1 heterocycles. The van der Waals surface area contributed by atoms with Gasteiger partial charge >= 0.3 is 0 Å². The highest BCUT2D eigenvalue weighted by atomic mass is 16.5. The second-order valence-electron chi connectivity index (χ2n) is 6.38. The number of amides is 1.